The molecule has 0 bridgehead atoms. The lowest BCUT2D eigenvalue weighted by molar-refractivity contribution is -0.140. The number of hydrogen-bond donors (Lipinski definition) is 1. The first-order valence-electron chi connectivity index (χ1n) is 14.1. The standard InChI is InChI=1S/C32H41N3O6S/c1-6-8-20-33-32(37)30(7-2)34(22-25-14-16-27(40-4)17-15-25)31(36)23-35(26-10-9-11-28(21-26)41-5)42(38,39)29-18-12-24(3)13-19-29/h9-19,21,30H,6-8,20,22-23H2,1-5H3,(H,33,37)/t30-/m1/s1. The van der Waals surface area contributed by atoms with Gasteiger partial charge in [-0.1, -0.05) is 56.2 Å². The van der Waals surface area contributed by atoms with Gasteiger partial charge in [-0.15, -0.1) is 0 Å². The summed E-state index contributed by atoms with van der Waals surface area (Å²) in [6.07, 6.45) is 2.08. The first kappa shape index (κ1) is 32.5. The molecule has 3 aromatic rings. The lowest BCUT2D eigenvalue weighted by Crippen LogP contribution is -2.52. The summed E-state index contributed by atoms with van der Waals surface area (Å²) in [5.41, 5.74) is 1.95. The predicted molar refractivity (Wildman–Crippen MR) is 164 cm³/mol. The second-order valence-electron chi connectivity index (χ2n) is 9.96. The molecule has 0 fully saturated rings. The van der Waals surface area contributed by atoms with Crippen molar-refractivity contribution in [2.75, 3.05) is 31.6 Å². The Morgan fingerprint density at radius 1 is 0.905 bits per heavy atom. The van der Waals surface area contributed by atoms with Gasteiger partial charge in [-0.2, -0.15) is 0 Å². The van der Waals surface area contributed by atoms with Crippen molar-refractivity contribution in [1.82, 2.24) is 10.2 Å². The maximum absolute atomic E-state index is 14.2. The molecule has 0 spiro atoms. The molecule has 0 aliphatic rings. The number of hydrogen-bond acceptors (Lipinski definition) is 6. The molecule has 226 valence electrons. The predicted octanol–water partition coefficient (Wildman–Crippen LogP) is 4.93. The van der Waals surface area contributed by atoms with Gasteiger partial charge in [0.15, 0.2) is 0 Å². The zero-order valence-corrected chi connectivity index (χ0v) is 25.8. The first-order chi connectivity index (χ1) is 20.1. The molecule has 10 heteroatoms. The van der Waals surface area contributed by atoms with Gasteiger partial charge in [-0.3, -0.25) is 13.9 Å². The van der Waals surface area contributed by atoms with Gasteiger partial charge < -0.3 is 19.7 Å². The SMILES string of the molecule is CCCCNC(=O)[C@@H](CC)N(Cc1ccc(OC)cc1)C(=O)CN(c1cccc(OC)c1)S(=O)(=O)c1ccc(C)cc1. The van der Waals surface area contributed by atoms with Gasteiger partial charge >= 0.3 is 0 Å². The lowest BCUT2D eigenvalue weighted by atomic mass is 10.1. The Bertz CT molecular complexity index is 1430. The Morgan fingerprint density at radius 2 is 1.57 bits per heavy atom. The first-order valence-corrected chi connectivity index (χ1v) is 15.5. The Morgan fingerprint density at radius 3 is 2.17 bits per heavy atom. The molecule has 42 heavy (non-hydrogen) atoms. The summed E-state index contributed by atoms with van der Waals surface area (Å²) >= 11 is 0. The maximum atomic E-state index is 14.2. The number of ether oxygens (including phenoxy) is 2. The highest BCUT2D eigenvalue weighted by Crippen LogP contribution is 2.28. The van der Waals surface area contributed by atoms with E-state index in [1.807, 2.05) is 32.9 Å². The Kier molecular flexibility index (Phi) is 11.8. The van der Waals surface area contributed by atoms with E-state index in [9.17, 15) is 18.0 Å². The van der Waals surface area contributed by atoms with Crippen LogP contribution in [0.4, 0.5) is 5.69 Å². The highest BCUT2D eigenvalue weighted by molar-refractivity contribution is 7.92. The largest absolute Gasteiger partial charge is 0.497 e. The number of nitrogens with zero attached hydrogens (tertiary/aromatic N) is 2. The number of benzene rings is 3. The summed E-state index contributed by atoms with van der Waals surface area (Å²) in [6, 6.07) is 19.4. The molecule has 0 unspecified atom stereocenters. The van der Waals surface area contributed by atoms with Crippen LogP contribution in [-0.4, -0.2) is 58.5 Å². The van der Waals surface area contributed by atoms with E-state index in [2.05, 4.69) is 5.32 Å². The molecule has 2 amide bonds. The van der Waals surface area contributed by atoms with Gasteiger partial charge in [0.05, 0.1) is 24.8 Å². The van der Waals surface area contributed by atoms with E-state index in [4.69, 9.17) is 9.47 Å². The minimum Gasteiger partial charge on any atom is -0.497 e. The summed E-state index contributed by atoms with van der Waals surface area (Å²) in [5, 5.41) is 2.93. The van der Waals surface area contributed by atoms with Crippen molar-refractivity contribution in [2.24, 2.45) is 0 Å². The van der Waals surface area contributed by atoms with E-state index in [1.165, 1.54) is 24.1 Å². The number of unbranched alkanes of at least 4 members (excludes halogenated alkanes) is 1. The Hall–Kier alpha value is -4.05. The third-order valence-electron chi connectivity index (χ3n) is 6.96. The van der Waals surface area contributed by atoms with Crippen LogP contribution in [0, 0.1) is 6.92 Å². The normalized spacial score (nSPS) is 11.8. The third-order valence-corrected chi connectivity index (χ3v) is 8.74. The zero-order valence-electron chi connectivity index (χ0n) is 25.0. The third kappa shape index (κ3) is 8.25. The number of aryl methyl sites for hydroxylation is 1. The monoisotopic (exact) mass is 595 g/mol. The van der Waals surface area contributed by atoms with E-state index < -0.39 is 28.5 Å². The molecule has 0 saturated heterocycles. The van der Waals surface area contributed by atoms with Gasteiger partial charge in [0.1, 0.15) is 24.1 Å². The quantitative estimate of drug-likeness (QED) is 0.250. The fraction of sp³-hybridized carbons (Fsp3) is 0.375. The average molecular weight is 596 g/mol. The number of amides is 2. The number of nitrogens with one attached hydrogen (secondary N) is 1. The number of carbonyl (C=O) groups is 2. The fourth-order valence-corrected chi connectivity index (χ4v) is 5.89. The number of rotatable bonds is 15. The van der Waals surface area contributed by atoms with Gasteiger partial charge in [-0.25, -0.2) is 8.42 Å². The van der Waals surface area contributed by atoms with Crippen molar-refractivity contribution in [3.63, 3.8) is 0 Å². The molecule has 0 saturated carbocycles. The minimum absolute atomic E-state index is 0.0507. The van der Waals surface area contributed by atoms with Crippen molar-refractivity contribution in [3.05, 3.63) is 83.9 Å². The maximum Gasteiger partial charge on any atom is 0.264 e. The van der Waals surface area contributed by atoms with Crippen molar-refractivity contribution in [1.29, 1.82) is 0 Å². The second-order valence-corrected chi connectivity index (χ2v) is 11.8. The number of carbonyl (C=O) groups excluding carboxylic acids is 2. The highest BCUT2D eigenvalue weighted by atomic mass is 32.2. The van der Waals surface area contributed by atoms with Crippen LogP contribution in [0.2, 0.25) is 0 Å². The molecule has 0 radical (unpaired) electrons. The van der Waals surface area contributed by atoms with E-state index in [1.54, 1.807) is 55.6 Å². The summed E-state index contributed by atoms with van der Waals surface area (Å²) in [5.74, 6) is 0.319. The van der Waals surface area contributed by atoms with Gasteiger partial charge in [-0.05, 0) is 61.7 Å². The molecule has 0 heterocycles. The summed E-state index contributed by atoms with van der Waals surface area (Å²) in [6.45, 7) is 5.82. The topological polar surface area (TPSA) is 105 Å². The van der Waals surface area contributed by atoms with Crippen LogP contribution in [-0.2, 0) is 26.2 Å². The fourth-order valence-electron chi connectivity index (χ4n) is 4.49. The van der Waals surface area contributed by atoms with E-state index >= 15 is 0 Å². The molecule has 9 nitrogen and oxygen atoms in total. The molecule has 0 aliphatic heterocycles. The number of anilines is 1. The van der Waals surface area contributed by atoms with Crippen LogP contribution in [0.1, 0.15) is 44.2 Å². The van der Waals surface area contributed by atoms with Gasteiger partial charge in [0, 0.05) is 19.2 Å². The molecule has 0 aliphatic carbocycles. The Balaban J connectivity index is 2.05. The smallest absolute Gasteiger partial charge is 0.264 e. The van der Waals surface area contributed by atoms with Crippen LogP contribution >= 0.6 is 0 Å². The number of methoxy groups -OCH3 is 2. The van der Waals surface area contributed by atoms with Crippen LogP contribution in [0.25, 0.3) is 0 Å². The molecule has 3 aromatic carbocycles. The van der Waals surface area contributed by atoms with Crippen molar-refractivity contribution < 1.29 is 27.5 Å². The van der Waals surface area contributed by atoms with E-state index in [0.717, 1.165) is 28.3 Å². The van der Waals surface area contributed by atoms with Gasteiger partial charge in [0.2, 0.25) is 11.8 Å². The lowest BCUT2D eigenvalue weighted by Gasteiger charge is -2.33. The Labute approximate surface area is 249 Å². The molecular weight excluding hydrogens is 554 g/mol. The van der Waals surface area contributed by atoms with E-state index in [0.29, 0.717) is 24.5 Å². The van der Waals surface area contributed by atoms with Crippen LogP contribution in [0.3, 0.4) is 0 Å². The van der Waals surface area contributed by atoms with Crippen LogP contribution < -0.4 is 19.1 Å². The van der Waals surface area contributed by atoms with Crippen molar-refractivity contribution >= 4 is 27.5 Å². The zero-order chi connectivity index (χ0) is 30.7. The van der Waals surface area contributed by atoms with Crippen molar-refractivity contribution in [2.45, 2.75) is 57.5 Å². The van der Waals surface area contributed by atoms with Crippen LogP contribution in [0.15, 0.2) is 77.7 Å². The highest BCUT2D eigenvalue weighted by Gasteiger charge is 2.33. The average Bonchev–Trinajstić information content (AvgIpc) is 3.00. The summed E-state index contributed by atoms with van der Waals surface area (Å²) in [4.78, 5) is 29.0. The van der Waals surface area contributed by atoms with Gasteiger partial charge in [0.25, 0.3) is 10.0 Å². The molecule has 1 N–H and O–H groups in total. The second kappa shape index (κ2) is 15.3. The molecule has 1 atom stereocenters. The molecular formula is C32H41N3O6S. The minimum atomic E-state index is -4.16. The summed E-state index contributed by atoms with van der Waals surface area (Å²) in [7, 11) is -1.10. The number of sulfonamides is 1. The molecule has 0 aromatic heterocycles. The van der Waals surface area contributed by atoms with E-state index in [-0.39, 0.29) is 23.0 Å². The van der Waals surface area contributed by atoms with Crippen molar-refractivity contribution in [3.8, 4) is 11.5 Å². The van der Waals surface area contributed by atoms with Crippen LogP contribution in [0.5, 0.6) is 11.5 Å². The summed E-state index contributed by atoms with van der Waals surface area (Å²) < 4.78 is 39.7. The molecule has 3 rings (SSSR count).